The second-order valence-electron chi connectivity index (χ2n) is 6.80. The van der Waals surface area contributed by atoms with Crippen molar-refractivity contribution in [2.24, 2.45) is 0 Å². The van der Waals surface area contributed by atoms with E-state index in [1.54, 1.807) is 19.1 Å². The van der Waals surface area contributed by atoms with E-state index >= 15 is 0 Å². The minimum Gasteiger partial charge on any atom is -0.494 e. The minimum absolute atomic E-state index is 0.167. The molecule has 0 aliphatic heterocycles. The predicted molar refractivity (Wildman–Crippen MR) is 93.5 cm³/mol. The van der Waals surface area contributed by atoms with Gasteiger partial charge in [0.05, 0.1) is 19.2 Å². The summed E-state index contributed by atoms with van der Waals surface area (Å²) in [6.45, 7) is 2.22. The van der Waals surface area contributed by atoms with Crippen LogP contribution in [0.2, 0.25) is 0 Å². The summed E-state index contributed by atoms with van der Waals surface area (Å²) in [5.74, 6) is -0.387. The number of halogens is 1. The third-order valence-electron chi connectivity index (χ3n) is 4.97. The first-order valence-electron chi connectivity index (χ1n) is 8.67. The van der Waals surface area contributed by atoms with E-state index in [9.17, 15) is 14.4 Å². The Morgan fingerprint density at radius 3 is 2.68 bits per heavy atom. The SMILES string of the molecule is COc1ccc(CN(C)C(C)C(=O)NC2(C#N)CCCCC2)cc1F. The third-order valence-corrected chi connectivity index (χ3v) is 4.97. The van der Waals surface area contributed by atoms with Gasteiger partial charge in [0, 0.05) is 6.54 Å². The molecule has 1 N–H and O–H groups in total. The Balaban J connectivity index is 1.99. The maximum absolute atomic E-state index is 13.8. The summed E-state index contributed by atoms with van der Waals surface area (Å²) in [4.78, 5) is 14.4. The Kier molecular flexibility index (Phi) is 6.38. The number of likely N-dealkylation sites (N-methyl/N-ethyl adjacent to an activating group) is 1. The predicted octanol–water partition coefficient (Wildman–Crippen LogP) is 3.00. The van der Waals surface area contributed by atoms with Gasteiger partial charge < -0.3 is 10.1 Å². The fraction of sp³-hybridized carbons (Fsp3) is 0.579. The molecular formula is C19H26FN3O2. The van der Waals surface area contributed by atoms with Gasteiger partial charge >= 0.3 is 0 Å². The van der Waals surface area contributed by atoms with Crippen molar-refractivity contribution in [3.63, 3.8) is 0 Å². The molecule has 1 aromatic rings. The van der Waals surface area contributed by atoms with Gasteiger partial charge in [0.15, 0.2) is 11.6 Å². The van der Waals surface area contributed by atoms with Gasteiger partial charge in [0.2, 0.25) is 5.91 Å². The van der Waals surface area contributed by atoms with Crippen molar-refractivity contribution in [3.8, 4) is 11.8 Å². The molecule has 0 radical (unpaired) electrons. The fourth-order valence-electron chi connectivity index (χ4n) is 3.19. The molecule has 0 aromatic heterocycles. The number of benzene rings is 1. The number of nitriles is 1. The standard InChI is InChI=1S/C19H26FN3O2/c1-14(18(24)22-19(13-21)9-5-4-6-10-19)23(2)12-15-7-8-17(25-3)16(20)11-15/h7-8,11,14H,4-6,9-10,12H2,1-3H3,(H,22,24). The Bertz CT molecular complexity index is 651. The van der Waals surface area contributed by atoms with Gasteiger partial charge in [-0.15, -0.1) is 0 Å². The highest BCUT2D eigenvalue weighted by molar-refractivity contribution is 5.82. The molecule has 0 bridgehead atoms. The summed E-state index contributed by atoms with van der Waals surface area (Å²) in [5, 5.41) is 12.4. The lowest BCUT2D eigenvalue weighted by Gasteiger charge is -2.34. The maximum Gasteiger partial charge on any atom is 0.238 e. The van der Waals surface area contributed by atoms with E-state index in [0.717, 1.165) is 24.8 Å². The molecule has 1 unspecified atom stereocenters. The van der Waals surface area contributed by atoms with Crippen molar-refractivity contribution >= 4 is 5.91 Å². The zero-order chi connectivity index (χ0) is 18.4. The van der Waals surface area contributed by atoms with Crippen LogP contribution >= 0.6 is 0 Å². The van der Waals surface area contributed by atoms with Crippen LogP contribution in [0.1, 0.15) is 44.6 Å². The highest BCUT2D eigenvalue weighted by Gasteiger charge is 2.35. The quantitative estimate of drug-likeness (QED) is 0.859. The van der Waals surface area contributed by atoms with Crippen LogP contribution in [0.25, 0.3) is 0 Å². The average molecular weight is 347 g/mol. The Morgan fingerprint density at radius 2 is 2.12 bits per heavy atom. The topological polar surface area (TPSA) is 65.4 Å². The highest BCUT2D eigenvalue weighted by atomic mass is 19.1. The van der Waals surface area contributed by atoms with Crippen molar-refractivity contribution in [3.05, 3.63) is 29.6 Å². The first-order valence-corrected chi connectivity index (χ1v) is 8.67. The van der Waals surface area contributed by atoms with E-state index in [1.807, 2.05) is 11.9 Å². The molecule has 2 rings (SSSR count). The molecule has 25 heavy (non-hydrogen) atoms. The monoisotopic (exact) mass is 347 g/mol. The molecule has 5 nitrogen and oxygen atoms in total. The van der Waals surface area contributed by atoms with Crippen LogP contribution in [0.15, 0.2) is 18.2 Å². The third kappa shape index (κ3) is 4.70. The van der Waals surface area contributed by atoms with Crippen molar-refractivity contribution in [1.29, 1.82) is 5.26 Å². The van der Waals surface area contributed by atoms with Crippen molar-refractivity contribution < 1.29 is 13.9 Å². The van der Waals surface area contributed by atoms with E-state index in [2.05, 4.69) is 11.4 Å². The summed E-state index contributed by atoms with van der Waals surface area (Å²) >= 11 is 0. The van der Waals surface area contributed by atoms with Crippen molar-refractivity contribution in [2.75, 3.05) is 14.2 Å². The van der Waals surface area contributed by atoms with Crippen LogP contribution in [-0.4, -0.2) is 36.5 Å². The lowest BCUT2D eigenvalue weighted by molar-refractivity contribution is -0.127. The van der Waals surface area contributed by atoms with Gasteiger partial charge in [-0.1, -0.05) is 25.3 Å². The van der Waals surface area contributed by atoms with Crippen LogP contribution in [0.3, 0.4) is 0 Å². The van der Waals surface area contributed by atoms with Gasteiger partial charge in [-0.25, -0.2) is 4.39 Å². The summed E-state index contributed by atoms with van der Waals surface area (Å²) in [7, 11) is 3.24. The number of hydrogen-bond donors (Lipinski definition) is 1. The van der Waals surface area contributed by atoms with E-state index in [1.165, 1.54) is 13.2 Å². The van der Waals surface area contributed by atoms with Crippen molar-refractivity contribution in [1.82, 2.24) is 10.2 Å². The Morgan fingerprint density at radius 1 is 1.44 bits per heavy atom. The van der Waals surface area contributed by atoms with Crippen molar-refractivity contribution in [2.45, 2.75) is 57.2 Å². The fourth-order valence-corrected chi connectivity index (χ4v) is 3.19. The summed E-state index contributed by atoms with van der Waals surface area (Å²) in [5.41, 5.74) is 0.0181. The first kappa shape index (κ1) is 19.2. The molecule has 1 aliphatic carbocycles. The zero-order valence-corrected chi connectivity index (χ0v) is 15.1. The number of carbonyl (C=O) groups excluding carboxylic acids is 1. The number of methoxy groups -OCH3 is 1. The number of ether oxygens (including phenoxy) is 1. The van der Waals surface area contributed by atoms with E-state index in [4.69, 9.17) is 4.74 Å². The van der Waals surface area contributed by atoms with Gasteiger partial charge in [-0.05, 0) is 44.5 Å². The average Bonchev–Trinajstić information content (AvgIpc) is 2.62. The molecule has 1 amide bonds. The van der Waals surface area contributed by atoms with E-state index < -0.39 is 17.4 Å². The minimum atomic E-state index is -0.739. The molecule has 1 aliphatic rings. The van der Waals surface area contributed by atoms with Gasteiger partial charge in [0.1, 0.15) is 5.54 Å². The van der Waals surface area contributed by atoms with E-state index in [0.29, 0.717) is 19.4 Å². The number of nitrogens with zero attached hydrogens (tertiary/aromatic N) is 2. The van der Waals surface area contributed by atoms with Gasteiger partial charge in [0.25, 0.3) is 0 Å². The second-order valence-corrected chi connectivity index (χ2v) is 6.80. The maximum atomic E-state index is 13.8. The summed E-state index contributed by atoms with van der Waals surface area (Å²) in [6, 6.07) is 6.65. The van der Waals surface area contributed by atoms with Crippen LogP contribution in [0.4, 0.5) is 4.39 Å². The number of amides is 1. The molecule has 1 fully saturated rings. The zero-order valence-electron chi connectivity index (χ0n) is 15.1. The second kappa shape index (κ2) is 8.30. The van der Waals surface area contributed by atoms with E-state index in [-0.39, 0.29) is 11.7 Å². The Hall–Kier alpha value is -2.13. The molecule has 1 atom stereocenters. The van der Waals surface area contributed by atoms with Crippen LogP contribution < -0.4 is 10.1 Å². The molecule has 0 heterocycles. The van der Waals surface area contributed by atoms with Gasteiger partial charge in [-0.3, -0.25) is 9.69 Å². The smallest absolute Gasteiger partial charge is 0.238 e. The summed E-state index contributed by atoms with van der Waals surface area (Å²) < 4.78 is 18.7. The molecule has 0 spiro atoms. The number of rotatable bonds is 6. The molecule has 1 aromatic carbocycles. The van der Waals surface area contributed by atoms with Crippen LogP contribution in [0, 0.1) is 17.1 Å². The first-order chi connectivity index (χ1) is 11.9. The van der Waals surface area contributed by atoms with Crippen LogP contribution in [-0.2, 0) is 11.3 Å². The molecule has 6 heteroatoms. The Labute approximate surface area is 148 Å². The van der Waals surface area contributed by atoms with Crippen LogP contribution in [0.5, 0.6) is 5.75 Å². The molecular weight excluding hydrogens is 321 g/mol. The largest absolute Gasteiger partial charge is 0.494 e. The highest BCUT2D eigenvalue weighted by Crippen LogP contribution is 2.28. The number of hydrogen-bond acceptors (Lipinski definition) is 4. The molecule has 1 saturated carbocycles. The number of nitrogens with one attached hydrogen (secondary N) is 1. The number of carbonyl (C=O) groups is 1. The summed E-state index contributed by atoms with van der Waals surface area (Å²) in [6.07, 6.45) is 4.44. The molecule has 0 saturated heterocycles. The normalized spacial score (nSPS) is 17.6. The lowest BCUT2D eigenvalue weighted by atomic mass is 9.82. The van der Waals surface area contributed by atoms with Gasteiger partial charge in [-0.2, -0.15) is 5.26 Å². The molecule has 136 valence electrons. The lowest BCUT2D eigenvalue weighted by Crippen LogP contribution is -2.54.